The summed E-state index contributed by atoms with van der Waals surface area (Å²) in [5.41, 5.74) is 3.04. The molecule has 0 bridgehead atoms. The van der Waals surface area contributed by atoms with Crippen LogP contribution < -0.4 is 15.4 Å². The fourth-order valence-electron chi connectivity index (χ4n) is 7.45. The third-order valence-corrected chi connectivity index (χ3v) is 10.3. The van der Waals surface area contributed by atoms with E-state index >= 15 is 0 Å². The van der Waals surface area contributed by atoms with Crippen molar-refractivity contribution in [3.8, 4) is 5.75 Å². The number of aliphatic hydroxyl groups excluding tert-OH is 1. The van der Waals surface area contributed by atoms with Crippen LogP contribution in [0.15, 0.2) is 48.6 Å². The van der Waals surface area contributed by atoms with E-state index < -0.39 is 36.4 Å². The number of amides is 2. The number of benzene rings is 2. The normalized spacial score (nSPS) is 23.7. The lowest BCUT2D eigenvalue weighted by Gasteiger charge is -2.21. The highest BCUT2D eigenvalue weighted by atomic mass is 16.7. The molecule has 278 valence electrons. The van der Waals surface area contributed by atoms with E-state index in [9.17, 15) is 24.3 Å². The molecule has 2 aliphatic heterocycles. The predicted octanol–water partition coefficient (Wildman–Crippen LogP) is 5.57. The summed E-state index contributed by atoms with van der Waals surface area (Å²) < 4.78 is 28.4. The Bertz CT molecular complexity index is 1540. The minimum absolute atomic E-state index is 0.00495. The zero-order chi connectivity index (χ0) is 36.5. The highest BCUT2D eigenvalue weighted by Gasteiger charge is 2.51. The van der Waals surface area contributed by atoms with Gasteiger partial charge in [-0.3, -0.25) is 9.59 Å². The molecule has 2 aromatic carbocycles. The second-order valence-corrected chi connectivity index (χ2v) is 13.9. The van der Waals surface area contributed by atoms with Gasteiger partial charge in [-0.15, -0.1) is 0 Å². The Balaban J connectivity index is 0.973. The average Bonchev–Trinajstić information content (AvgIpc) is 3.76. The number of ether oxygens (including phenoxy) is 5. The van der Waals surface area contributed by atoms with Crippen LogP contribution in [0.25, 0.3) is 12.2 Å². The van der Waals surface area contributed by atoms with Gasteiger partial charge in [0.1, 0.15) is 18.0 Å². The molecule has 4 atom stereocenters. The first-order valence-corrected chi connectivity index (χ1v) is 18.4. The molecule has 2 amide bonds. The van der Waals surface area contributed by atoms with E-state index in [1.165, 1.54) is 25.7 Å². The summed E-state index contributed by atoms with van der Waals surface area (Å²) in [4.78, 5) is 50.8. The van der Waals surface area contributed by atoms with Gasteiger partial charge in [-0.25, -0.2) is 9.59 Å². The van der Waals surface area contributed by atoms with Crippen LogP contribution in [0, 0.1) is 11.8 Å². The molecule has 2 saturated carbocycles. The van der Waals surface area contributed by atoms with E-state index in [1.54, 1.807) is 48.6 Å². The fourth-order valence-corrected chi connectivity index (χ4v) is 7.45. The van der Waals surface area contributed by atoms with Crippen LogP contribution in [-0.2, 0) is 44.7 Å². The number of hydrogen-bond acceptors (Lipinski definition) is 10. The van der Waals surface area contributed by atoms with E-state index in [0.29, 0.717) is 33.8 Å². The van der Waals surface area contributed by atoms with Gasteiger partial charge in [0.05, 0.1) is 26.9 Å². The van der Waals surface area contributed by atoms with E-state index in [4.69, 9.17) is 23.7 Å². The van der Waals surface area contributed by atoms with Crippen molar-refractivity contribution in [2.75, 3.05) is 31.0 Å². The maximum Gasteiger partial charge on any atom is 0.331 e. The first-order chi connectivity index (χ1) is 25.3. The van der Waals surface area contributed by atoms with Crippen molar-refractivity contribution in [1.29, 1.82) is 0 Å². The number of carbonyl (C=O) groups is 4. The number of esters is 2. The van der Waals surface area contributed by atoms with Crippen molar-refractivity contribution in [3.63, 3.8) is 0 Å². The molecule has 6 rings (SSSR count). The zero-order valence-electron chi connectivity index (χ0n) is 29.6. The molecule has 4 aliphatic rings. The Morgan fingerprint density at radius 3 is 1.69 bits per heavy atom. The average molecular weight is 717 g/mol. The molecule has 2 saturated heterocycles. The highest BCUT2D eigenvalue weighted by molar-refractivity contribution is 5.94. The Labute approximate surface area is 303 Å². The summed E-state index contributed by atoms with van der Waals surface area (Å²) in [7, 11) is 1.52. The molecule has 12 heteroatoms. The van der Waals surface area contributed by atoms with Gasteiger partial charge in [0, 0.05) is 47.0 Å². The quantitative estimate of drug-likeness (QED) is 0.187. The molecule has 3 N–H and O–H groups in total. The van der Waals surface area contributed by atoms with Crippen LogP contribution in [0.3, 0.4) is 0 Å². The zero-order valence-corrected chi connectivity index (χ0v) is 29.6. The molecule has 52 heavy (non-hydrogen) atoms. The molecular formula is C40H48N2O10. The lowest BCUT2D eigenvalue weighted by atomic mass is 9.88. The van der Waals surface area contributed by atoms with Gasteiger partial charge in [0.2, 0.25) is 11.8 Å². The second kappa shape index (κ2) is 17.8. The Hall–Kier alpha value is -4.52. The van der Waals surface area contributed by atoms with Crippen LogP contribution >= 0.6 is 0 Å². The molecule has 0 unspecified atom stereocenters. The first-order valence-electron chi connectivity index (χ1n) is 18.4. The van der Waals surface area contributed by atoms with Crippen molar-refractivity contribution in [3.05, 3.63) is 65.2 Å². The molecule has 2 aromatic rings. The maximum atomic E-state index is 12.8. The molecule has 2 aliphatic carbocycles. The smallest absolute Gasteiger partial charge is 0.331 e. The third-order valence-electron chi connectivity index (χ3n) is 10.3. The van der Waals surface area contributed by atoms with Crippen LogP contribution in [0.5, 0.6) is 5.75 Å². The summed E-state index contributed by atoms with van der Waals surface area (Å²) in [6.45, 7) is -0.108. The first kappa shape index (κ1) is 37.2. The predicted molar refractivity (Wildman–Crippen MR) is 193 cm³/mol. The molecule has 0 radical (unpaired) electrons. The van der Waals surface area contributed by atoms with Crippen LogP contribution in [0.2, 0.25) is 0 Å². The molecular weight excluding hydrogens is 668 g/mol. The van der Waals surface area contributed by atoms with Gasteiger partial charge in [-0.2, -0.15) is 0 Å². The summed E-state index contributed by atoms with van der Waals surface area (Å²) in [6, 6.07) is 10.4. The van der Waals surface area contributed by atoms with E-state index in [-0.39, 0.29) is 43.5 Å². The SMILES string of the molecule is COc1cc(NC(=O)C2CCCCC2)ccc1/C=C/C(=O)O[C@H]1CO[C@H]2[C@@H]1OC[C@H]2OC(=O)/C=C/c1ccc(NC(=O)C2CCCCC2)cc1CO. The summed E-state index contributed by atoms with van der Waals surface area (Å²) in [6.07, 6.45) is 13.3. The van der Waals surface area contributed by atoms with E-state index in [0.717, 1.165) is 57.8 Å². The minimum Gasteiger partial charge on any atom is -0.496 e. The second-order valence-electron chi connectivity index (χ2n) is 13.9. The van der Waals surface area contributed by atoms with Gasteiger partial charge >= 0.3 is 11.9 Å². The fraction of sp³-hybridized carbons (Fsp3) is 0.500. The minimum atomic E-state index is -0.697. The molecule has 0 aromatic heterocycles. The number of fused-ring (bicyclic) bond motifs is 1. The molecule has 4 fully saturated rings. The Kier molecular flexibility index (Phi) is 12.8. The number of hydrogen-bond donors (Lipinski definition) is 3. The summed E-state index contributed by atoms with van der Waals surface area (Å²) >= 11 is 0. The number of aliphatic hydroxyl groups is 1. The number of nitrogens with one attached hydrogen (secondary N) is 2. The van der Waals surface area contributed by atoms with Gasteiger partial charge in [0.25, 0.3) is 0 Å². The van der Waals surface area contributed by atoms with Crippen molar-refractivity contribution in [1.82, 2.24) is 0 Å². The van der Waals surface area contributed by atoms with Crippen LogP contribution in [-0.4, -0.2) is 73.6 Å². The number of methoxy groups -OCH3 is 1. The monoisotopic (exact) mass is 716 g/mol. The Morgan fingerprint density at radius 1 is 0.712 bits per heavy atom. The third kappa shape index (κ3) is 9.47. The van der Waals surface area contributed by atoms with Gasteiger partial charge in [0.15, 0.2) is 12.2 Å². The van der Waals surface area contributed by atoms with Crippen molar-refractivity contribution < 1.29 is 48.0 Å². The summed E-state index contributed by atoms with van der Waals surface area (Å²) in [5, 5.41) is 15.9. The standard InChI is InChI=1S/C40H48N2O10/c1-48-32-21-31(42-40(47)28-10-6-3-7-11-28)17-13-26(32)15-19-36(45)52-34-24-50-37-33(23-49-38(34)37)51-35(44)18-14-25-12-16-30(20-29(25)22-43)41-39(46)27-8-4-2-5-9-27/h12-21,27-28,33-34,37-38,43H,2-11,22-24H2,1H3,(H,41,46)(H,42,47)/b18-14+,19-15+/t33-,34+,37-,38-/m1/s1. The maximum absolute atomic E-state index is 12.8. The number of anilines is 2. The summed E-state index contributed by atoms with van der Waals surface area (Å²) in [5.74, 6) is -0.672. The Morgan fingerprint density at radius 2 is 1.19 bits per heavy atom. The van der Waals surface area contributed by atoms with E-state index in [2.05, 4.69) is 10.6 Å². The lowest BCUT2D eigenvalue weighted by Crippen LogP contribution is -2.35. The number of rotatable bonds is 12. The van der Waals surface area contributed by atoms with Gasteiger partial charge < -0.3 is 39.4 Å². The molecule has 2 heterocycles. The largest absolute Gasteiger partial charge is 0.496 e. The highest BCUT2D eigenvalue weighted by Crippen LogP contribution is 2.32. The van der Waals surface area contributed by atoms with E-state index in [1.807, 2.05) is 0 Å². The van der Waals surface area contributed by atoms with Gasteiger partial charge in [-0.05, 0) is 73.2 Å². The van der Waals surface area contributed by atoms with Crippen molar-refractivity contribution in [2.24, 2.45) is 11.8 Å². The van der Waals surface area contributed by atoms with Crippen molar-refractivity contribution in [2.45, 2.75) is 95.2 Å². The van der Waals surface area contributed by atoms with Crippen molar-refractivity contribution >= 4 is 47.3 Å². The van der Waals surface area contributed by atoms with Crippen LogP contribution in [0.4, 0.5) is 11.4 Å². The lowest BCUT2D eigenvalue weighted by molar-refractivity contribution is -0.149. The van der Waals surface area contributed by atoms with Gasteiger partial charge in [-0.1, -0.05) is 44.6 Å². The topological polar surface area (TPSA) is 159 Å². The molecule has 0 spiro atoms. The number of carbonyl (C=O) groups excluding carboxylic acids is 4. The molecule has 12 nitrogen and oxygen atoms in total. The van der Waals surface area contributed by atoms with Crippen LogP contribution in [0.1, 0.15) is 80.9 Å².